The second-order valence-corrected chi connectivity index (χ2v) is 12.4. The molecule has 1 fully saturated rings. The van der Waals surface area contributed by atoms with Crippen LogP contribution in [0.2, 0.25) is 5.02 Å². The summed E-state index contributed by atoms with van der Waals surface area (Å²) in [6.45, 7) is 5.98. The fraction of sp³-hybridized carbons (Fsp3) is 0.423. The molecule has 11 heteroatoms. The summed E-state index contributed by atoms with van der Waals surface area (Å²) in [5.74, 6) is -0.758. The van der Waals surface area contributed by atoms with E-state index in [1.807, 2.05) is 0 Å². The molecule has 1 aliphatic heterocycles. The van der Waals surface area contributed by atoms with Crippen molar-refractivity contribution in [1.82, 2.24) is 14.3 Å². The second kappa shape index (κ2) is 9.41. The van der Waals surface area contributed by atoms with Crippen molar-refractivity contribution in [2.75, 3.05) is 13.7 Å². The van der Waals surface area contributed by atoms with Gasteiger partial charge in [-0.1, -0.05) is 11.6 Å². The van der Waals surface area contributed by atoms with E-state index >= 15 is 0 Å². The van der Waals surface area contributed by atoms with Crippen LogP contribution in [-0.2, 0) is 25.9 Å². The van der Waals surface area contributed by atoms with Crippen LogP contribution in [-0.4, -0.2) is 48.6 Å². The molecular formula is C26H28ClN3O6S. The van der Waals surface area contributed by atoms with Crippen LogP contribution in [0, 0.1) is 0 Å². The molecule has 3 heterocycles. The van der Waals surface area contributed by atoms with Crippen LogP contribution in [0.25, 0.3) is 22.4 Å². The third-order valence-electron chi connectivity index (χ3n) is 6.74. The zero-order valence-electron chi connectivity index (χ0n) is 21.0. The van der Waals surface area contributed by atoms with Crippen molar-refractivity contribution in [3.63, 3.8) is 0 Å². The molecule has 0 bridgehead atoms. The topological polar surface area (TPSA) is 109 Å². The molecule has 0 spiro atoms. The van der Waals surface area contributed by atoms with Gasteiger partial charge >= 0.3 is 5.97 Å². The first kappa shape index (κ1) is 25.7. The quantitative estimate of drug-likeness (QED) is 0.404. The standard InChI is InChI=1S/C26H28ClN3O6S/c1-14(2)36-26(32)21-9-18-15(3)37(33,34)23-11-19(16-12-28-29(13-16)7-8-35-4)22(27)10-20(23)24(18)30(25(21)31)17-5-6-17/h9-15,17H,5-8H2,1-4H3. The first-order valence-corrected chi connectivity index (χ1v) is 14.1. The van der Waals surface area contributed by atoms with Crippen LogP contribution < -0.4 is 5.56 Å². The number of ether oxygens (including phenoxy) is 2. The molecule has 1 aromatic carbocycles. The van der Waals surface area contributed by atoms with E-state index in [0.717, 1.165) is 12.8 Å². The van der Waals surface area contributed by atoms with Crippen LogP contribution in [0.1, 0.15) is 60.8 Å². The lowest BCUT2D eigenvalue weighted by Gasteiger charge is -2.29. The highest BCUT2D eigenvalue weighted by Gasteiger charge is 2.41. The molecule has 2 aromatic heterocycles. The Labute approximate surface area is 219 Å². The molecule has 0 radical (unpaired) electrons. The van der Waals surface area contributed by atoms with Gasteiger partial charge in [-0.25, -0.2) is 13.2 Å². The Morgan fingerprint density at radius 1 is 1.22 bits per heavy atom. The van der Waals surface area contributed by atoms with Gasteiger partial charge in [0.1, 0.15) is 5.56 Å². The Morgan fingerprint density at radius 2 is 1.95 bits per heavy atom. The summed E-state index contributed by atoms with van der Waals surface area (Å²) in [6.07, 6.45) is 4.51. The Bertz CT molecular complexity index is 1570. The summed E-state index contributed by atoms with van der Waals surface area (Å²) in [7, 11) is -2.26. The average molecular weight is 546 g/mol. The molecule has 1 unspecified atom stereocenters. The normalized spacial score (nSPS) is 17.9. The number of benzene rings is 1. The lowest BCUT2D eigenvalue weighted by molar-refractivity contribution is 0.0375. The van der Waals surface area contributed by atoms with Gasteiger partial charge in [0.25, 0.3) is 5.56 Å². The zero-order chi connectivity index (χ0) is 26.6. The summed E-state index contributed by atoms with van der Waals surface area (Å²) in [5.41, 5.74) is 1.81. The first-order chi connectivity index (χ1) is 17.5. The lowest BCUT2D eigenvalue weighted by Crippen LogP contribution is -2.33. The fourth-order valence-electron chi connectivity index (χ4n) is 4.72. The Hall–Kier alpha value is -2.95. The monoisotopic (exact) mass is 545 g/mol. The lowest BCUT2D eigenvalue weighted by atomic mass is 9.97. The predicted octanol–water partition coefficient (Wildman–Crippen LogP) is 4.43. The largest absolute Gasteiger partial charge is 0.459 e. The molecule has 1 atom stereocenters. The fourth-order valence-corrected chi connectivity index (χ4v) is 6.63. The highest BCUT2D eigenvalue weighted by atomic mass is 35.5. The van der Waals surface area contributed by atoms with E-state index in [2.05, 4.69) is 5.10 Å². The van der Waals surface area contributed by atoms with E-state index in [0.29, 0.717) is 46.1 Å². The number of carbonyl (C=O) groups is 1. The van der Waals surface area contributed by atoms with Gasteiger partial charge in [-0.15, -0.1) is 0 Å². The Kier molecular flexibility index (Phi) is 6.54. The van der Waals surface area contributed by atoms with E-state index in [1.54, 1.807) is 61.7 Å². The molecule has 0 N–H and O–H groups in total. The number of carbonyl (C=O) groups excluding carboxylic acids is 1. The van der Waals surface area contributed by atoms with Crippen molar-refractivity contribution in [3.8, 4) is 22.4 Å². The molecule has 9 nitrogen and oxygen atoms in total. The Balaban J connectivity index is 1.73. The first-order valence-electron chi connectivity index (χ1n) is 12.1. The number of aromatic nitrogens is 3. The smallest absolute Gasteiger partial charge is 0.344 e. The van der Waals surface area contributed by atoms with Crippen LogP contribution in [0.15, 0.2) is 40.3 Å². The maximum Gasteiger partial charge on any atom is 0.344 e. The number of fused-ring (bicyclic) bond motifs is 3. The van der Waals surface area contributed by atoms with Crippen molar-refractivity contribution in [1.29, 1.82) is 0 Å². The van der Waals surface area contributed by atoms with Crippen molar-refractivity contribution in [2.45, 2.75) is 62.4 Å². The number of hydrogen-bond acceptors (Lipinski definition) is 7. The van der Waals surface area contributed by atoms with E-state index in [-0.39, 0.29) is 16.5 Å². The average Bonchev–Trinajstić information content (AvgIpc) is 3.57. The third kappa shape index (κ3) is 4.41. The number of halogens is 1. The molecule has 5 rings (SSSR count). The van der Waals surface area contributed by atoms with Crippen LogP contribution >= 0.6 is 11.6 Å². The van der Waals surface area contributed by atoms with Gasteiger partial charge in [0, 0.05) is 41.1 Å². The molecular weight excluding hydrogens is 518 g/mol. The van der Waals surface area contributed by atoms with E-state index in [4.69, 9.17) is 21.1 Å². The number of nitrogens with zero attached hydrogens (tertiary/aromatic N) is 3. The molecule has 0 saturated heterocycles. The van der Waals surface area contributed by atoms with Gasteiger partial charge in [-0.05, 0) is 57.4 Å². The highest BCUT2D eigenvalue weighted by Crippen LogP contribution is 2.49. The minimum atomic E-state index is -3.86. The SMILES string of the molecule is COCCn1cc(-c2cc3c(cc2Cl)-c2c(cc(C(=O)OC(C)C)c(=O)n2C2CC2)C(C)S3(=O)=O)cn1. The molecule has 1 saturated carbocycles. The minimum absolute atomic E-state index is 0.0999. The molecule has 3 aromatic rings. The molecule has 196 valence electrons. The van der Waals surface area contributed by atoms with Gasteiger partial charge in [0.05, 0.1) is 41.3 Å². The van der Waals surface area contributed by atoms with Crippen molar-refractivity contribution in [3.05, 3.63) is 57.1 Å². The summed E-state index contributed by atoms with van der Waals surface area (Å²) in [5, 5.41) is 3.66. The molecule has 1 aliphatic carbocycles. The van der Waals surface area contributed by atoms with Gasteiger partial charge in [0.15, 0.2) is 9.84 Å². The predicted molar refractivity (Wildman–Crippen MR) is 139 cm³/mol. The maximum absolute atomic E-state index is 13.8. The van der Waals surface area contributed by atoms with Gasteiger partial charge in [-0.2, -0.15) is 5.10 Å². The van der Waals surface area contributed by atoms with E-state index in [9.17, 15) is 18.0 Å². The van der Waals surface area contributed by atoms with Crippen LogP contribution in [0.3, 0.4) is 0 Å². The highest BCUT2D eigenvalue weighted by molar-refractivity contribution is 7.92. The Morgan fingerprint density at radius 3 is 2.59 bits per heavy atom. The van der Waals surface area contributed by atoms with Crippen molar-refractivity contribution >= 4 is 27.4 Å². The number of methoxy groups -OCH3 is 1. The van der Waals surface area contributed by atoms with Gasteiger partial charge < -0.3 is 14.0 Å². The summed E-state index contributed by atoms with van der Waals surface area (Å²) >= 11 is 6.71. The van der Waals surface area contributed by atoms with Crippen molar-refractivity contribution in [2.24, 2.45) is 0 Å². The summed E-state index contributed by atoms with van der Waals surface area (Å²) in [6, 6.07) is 4.43. The van der Waals surface area contributed by atoms with Crippen LogP contribution in [0.5, 0.6) is 0 Å². The number of hydrogen-bond donors (Lipinski definition) is 0. The zero-order valence-corrected chi connectivity index (χ0v) is 22.6. The number of pyridine rings is 1. The number of esters is 1. The van der Waals surface area contributed by atoms with Crippen LogP contribution in [0.4, 0.5) is 0 Å². The van der Waals surface area contributed by atoms with Crippen molar-refractivity contribution < 1.29 is 22.7 Å². The molecule has 37 heavy (non-hydrogen) atoms. The van der Waals surface area contributed by atoms with Gasteiger partial charge in [-0.3, -0.25) is 9.48 Å². The minimum Gasteiger partial charge on any atom is -0.459 e. The maximum atomic E-state index is 13.8. The third-order valence-corrected chi connectivity index (χ3v) is 9.19. The second-order valence-electron chi connectivity index (χ2n) is 9.72. The van der Waals surface area contributed by atoms with E-state index in [1.165, 1.54) is 6.07 Å². The number of rotatable bonds is 7. The molecule has 2 aliphatic rings. The number of sulfone groups is 1. The molecule has 0 amide bonds. The van der Waals surface area contributed by atoms with Gasteiger partial charge in [0.2, 0.25) is 0 Å². The van der Waals surface area contributed by atoms with E-state index < -0.39 is 32.7 Å². The summed E-state index contributed by atoms with van der Waals surface area (Å²) in [4.78, 5) is 26.4. The summed E-state index contributed by atoms with van der Waals surface area (Å²) < 4.78 is 41.2.